The highest BCUT2D eigenvalue weighted by Crippen LogP contribution is 2.11. The number of carbonyl (C=O) groups excluding carboxylic acids is 1. The van der Waals surface area contributed by atoms with Gasteiger partial charge in [0.15, 0.2) is 0 Å². The Labute approximate surface area is 151 Å². The second-order valence-corrected chi connectivity index (χ2v) is 6.76. The van der Waals surface area contributed by atoms with Gasteiger partial charge in [-0.25, -0.2) is 0 Å². The van der Waals surface area contributed by atoms with Gasteiger partial charge in [-0.1, -0.05) is 86.2 Å². The van der Waals surface area contributed by atoms with Crippen LogP contribution >= 0.6 is 0 Å². The third-order valence-electron chi connectivity index (χ3n) is 3.77. The fraction of sp³-hybridized carbons (Fsp3) is 0.261. The Morgan fingerprint density at radius 2 is 1.52 bits per heavy atom. The quantitative estimate of drug-likeness (QED) is 0.631. The van der Waals surface area contributed by atoms with E-state index in [1.807, 2.05) is 59.5 Å². The molecular formula is C23H27NO. The minimum Gasteiger partial charge on any atom is -0.335 e. The average Bonchev–Trinajstić information content (AvgIpc) is 2.60. The van der Waals surface area contributed by atoms with E-state index in [2.05, 4.69) is 39.0 Å². The van der Waals surface area contributed by atoms with Crippen molar-refractivity contribution >= 4 is 18.1 Å². The van der Waals surface area contributed by atoms with Gasteiger partial charge in [0.1, 0.15) is 0 Å². The van der Waals surface area contributed by atoms with E-state index in [4.69, 9.17) is 0 Å². The fourth-order valence-corrected chi connectivity index (χ4v) is 2.69. The molecule has 2 heteroatoms. The number of hydrogen-bond acceptors (Lipinski definition) is 1. The molecule has 0 aromatic heterocycles. The molecule has 2 aromatic rings. The van der Waals surface area contributed by atoms with Crippen LogP contribution in [0.5, 0.6) is 0 Å². The van der Waals surface area contributed by atoms with Crippen molar-refractivity contribution in [2.24, 2.45) is 5.92 Å². The Hall–Kier alpha value is -2.61. The maximum Gasteiger partial charge on any atom is 0.246 e. The molecule has 0 aliphatic rings. The summed E-state index contributed by atoms with van der Waals surface area (Å²) in [5.74, 6) is 0.483. The number of carbonyl (C=O) groups is 1. The van der Waals surface area contributed by atoms with Crippen molar-refractivity contribution in [3.8, 4) is 0 Å². The van der Waals surface area contributed by atoms with Crippen LogP contribution in [0, 0.1) is 5.92 Å². The van der Waals surface area contributed by atoms with Crippen LogP contribution in [0.15, 0.2) is 72.3 Å². The van der Waals surface area contributed by atoms with Gasteiger partial charge in [0, 0.05) is 19.2 Å². The van der Waals surface area contributed by atoms with Crippen molar-refractivity contribution in [1.29, 1.82) is 0 Å². The Balaban J connectivity index is 2.08. The summed E-state index contributed by atoms with van der Waals surface area (Å²) < 4.78 is 0. The normalized spacial score (nSPS) is 11.9. The first-order valence-corrected chi connectivity index (χ1v) is 8.79. The van der Waals surface area contributed by atoms with Crippen molar-refractivity contribution in [1.82, 2.24) is 4.90 Å². The molecule has 0 fully saturated rings. The number of amides is 1. The van der Waals surface area contributed by atoms with Gasteiger partial charge in [-0.15, -0.1) is 0 Å². The highest BCUT2D eigenvalue weighted by Gasteiger charge is 2.13. The first-order chi connectivity index (χ1) is 12.0. The molecule has 0 aliphatic heterocycles. The minimum atomic E-state index is 0.0540. The number of nitrogens with zero attached hydrogens (tertiary/aromatic N) is 1. The molecular weight excluding hydrogens is 306 g/mol. The van der Waals surface area contributed by atoms with Crippen molar-refractivity contribution in [2.75, 3.05) is 13.1 Å². The lowest BCUT2D eigenvalue weighted by Crippen LogP contribution is -2.34. The molecule has 0 saturated carbocycles. The van der Waals surface area contributed by atoms with E-state index in [1.54, 1.807) is 6.08 Å². The van der Waals surface area contributed by atoms with E-state index >= 15 is 0 Å². The topological polar surface area (TPSA) is 20.3 Å². The molecule has 0 heterocycles. The summed E-state index contributed by atoms with van der Waals surface area (Å²) in [7, 11) is 0. The van der Waals surface area contributed by atoms with E-state index in [1.165, 1.54) is 5.57 Å². The van der Waals surface area contributed by atoms with Gasteiger partial charge in [-0.3, -0.25) is 4.79 Å². The molecule has 0 radical (unpaired) electrons. The van der Waals surface area contributed by atoms with Crippen molar-refractivity contribution < 1.29 is 4.79 Å². The van der Waals surface area contributed by atoms with Crippen LogP contribution in [0.3, 0.4) is 0 Å². The summed E-state index contributed by atoms with van der Waals surface area (Å²) >= 11 is 0. The number of hydrogen-bond donors (Lipinski definition) is 0. The third kappa shape index (κ3) is 6.80. The van der Waals surface area contributed by atoms with Crippen molar-refractivity contribution in [3.05, 3.63) is 83.4 Å². The molecule has 0 N–H and O–H groups in total. The average molecular weight is 333 g/mol. The highest BCUT2D eigenvalue weighted by molar-refractivity contribution is 5.92. The Bertz CT molecular complexity index is 714. The summed E-state index contributed by atoms with van der Waals surface area (Å²) in [4.78, 5) is 14.6. The summed E-state index contributed by atoms with van der Waals surface area (Å²) in [6, 6.07) is 20.1. The van der Waals surface area contributed by atoms with Crippen LogP contribution in [0.4, 0.5) is 0 Å². The van der Waals surface area contributed by atoms with Crippen LogP contribution < -0.4 is 0 Å². The maximum absolute atomic E-state index is 12.7. The van der Waals surface area contributed by atoms with Gasteiger partial charge in [0.2, 0.25) is 5.91 Å². The molecule has 0 saturated heterocycles. The minimum absolute atomic E-state index is 0.0540. The molecule has 0 atom stereocenters. The molecule has 2 nitrogen and oxygen atoms in total. The lowest BCUT2D eigenvalue weighted by molar-refractivity contribution is -0.126. The Kier molecular flexibility index (Phi) is 7.21. The molecule has 0 bridgehead atoms. The van der Waals surface area contributed by atoms with E-state index in [-0.39, 0.29) is 5.91 Å². The summed E-state index contributed by atoms with van der Waals surface area (Å²) in [6.07, 6.45) is 5.70. The van der Waals surface area contributed by atoms with Crippen LogP contribution in [-0.2, 0) is 4.79 Å². The van der Waals surface area contributed by atoms with Crippen molar-refractivity contribution in [3.63, 3.8) is 0 Å². The Morgan fingerprint density at radius 1 is 0.960 bits per heavy atom. The Morgan fingerprint density at radius 3 is 2.08 bits per heavy atom. The smallest absolute Gasteiger partial charge is 0.246 e. The molecule has 25 heavy (non-hydrogen) atoms. The third-order valence-corrected chi connectivity index (χ3v) is 3.77. The van der Waals surface area contributed by atoms with E-state index in [0.717, 1.165) is 17.7 Å². The molecule has 1 amide bonds. The van der Waals surface area contributed by atoms with E-state index in [9.17, 15) is 4.79 Å². The zero-order chi connectivity index (χ0) is 18.1. The van der Waals surface area contributed by atoms with Gasteiger partial charge in [0.25, 0.3) is 0 Å². The summed E-state index contributed by atoms with van der Waals surface area (Å²) in [6.45, 7) is 7.74. The van der Waals surface area contributed by atoms with Crippen molar-refractivity contribution in [2.45, 2.75) is 20.8 Å². The second kappa shape index (κ2) is 9.63. The summed E-state index contributed by atoms with van der Waals surface area (Å²) in [5.41, 5.74) is 3.38. The first kappa shape index (κ1) is 18.7. The molecule has 2 rings (SSSR count). The lowest BCUT2D eigenvalue weighted by atomic mass is 10.1. The predicted molar refractivity (Wildman–Crippen MR) is 107 cm³/mol. The van der Waals surface area contributed by atoms with Gasteiger partial charge in [-0.05, 0) is 30.0 Å². The van der Waals surface area contributed by atoms with Crippen LogP contribution in [0.25, 0.3) is 12.2 Å². The second-order valence-electron chi connectivity index (χ2n) is 6.76. The van der Waals surface area contributed by atoms with Gasteiger partial charge in [-0.2, -0.15) is 0 Å². The van der Waals surface area contributed by atoms with Crippen LogP contribution in [0.2, 0.25) is 0 Å². The number of rotatable bonds is 7. The lowest BCUT2D eigenvalue weighted by Gasteiger charge is -2.24. The first-order valence-electron chi connectivity index (χ1n) is 8.79. The molecule has 130 valence electrons. The molecule has 0 spiro atoms. The standard InChI is InChI=1S/C23H27NO/c1-19(2)17-24(18-20(3)16-22-12-8-5-9-13-22)23(25)15-14-21-10-6-4-7-11-21/h4-16,19H,17-18H2,1-3H3/b15-14+,20-16+. The molecule has 0 unspecified atom stereocenters. The van der Waals surface area contributed by atoms with Gasteiger partial charge in [0.05, 0.1) is 0 Å². The predicted octanol–water partition coefficient (Wildman–Crippen LogP) is 5.29. The zero-order valence-corrected chi connectivity index (χ0v) is 15.4. The summed E-state index contributed by atoms with van der Waals surface area (Å²) in [5, 5.41) is 0. The molecule has 2 aromatic carbocycles. The largest absolute Gasteiger partial charge is 0.335 e. The van der Waals surface area contributed by atoms with E-state index in [0.29, 0.717) is 12.5 Å². The monoisotopic (exact) mass is 333 g/mol. The maximum atomic E-state index is 12.7. The SMILES string of the molecule is C/C(=C\c1ccccc1)CN(CC(C)C)C(=O)/C=C/c1ccccc1. The fourth-order valence-electron chi connectivity index (χ4n) is 2.69. The highest BCUT2D eigenvalue weighted by atomic mass is 16.2. The van der Waals surface area contributed by atoms with Crippen LogP contribution in [0.1, 0.15) is 31.9 Å². The zero-order valence-electron chi connectivity index (χ0n) is 15.4. The van der Waals surface area contributed by atoms with Gasteiger partial charge >= 0.3 is 0 Å². The molecule has 0 aliphatic carbocycles. The van der Waals surface area contributed by atoms with Gasteiger partial charge < -0.3 is 4.90 Å². The van der Waals surface area contributed by atoms with E-state index < -0.39 is 0 Å². The van der Waals surface area contributed by atoms with Crippen LogP contribution in [-0.4, -0.2) is 23.9 Å². The number of benzene rings is 2.